The Balaban J connectivity index is 1.86. The molecule has 206 valence electrons. The number of esters is 2. The summed E-state index contributed by atoms with van der Waals surface area (Å²) in [7, 11) is -2.10. The van der Waals surface area contributed by atoms with Gasteiger partial charge in [0.05, 0.1) is 6.61 Å². The van der Waals surface area contributed by atoms with Crippen LogP contribution in [0.25, 0.3) is 21.0 Å². The second kappa shape index (κ2) is 14.2. The Morgan fingerprint density at radius 3 is 2.50 bits per heavy atom. The molecule has 0 aliphatic rings. The number of azide groups is 1. The van der Waals surface area contributed by atoms with E-state index in [-0.39, 0.29) is 23.2 Å². The van der Waals surface area contributed by atoms with E-state index in [1.165, 1.54) is 16.7 Å². The number of unbranched alkanes of at least 4 members (excludes halogenated alkanes) is 2. The van der Waals surface area contributed by atoms with Gasteiger partial charge in [0.15, 0.2) is 14.0 Å². The van der Waals surface area contributed by atoms with Crippen molar-refractivity contribution in [2.24, 2.45) is 10.8 Å². The minimum atomic E-state index is -2.10. The summed E-state index contributed by atoms with van der Waals surface area (Å²) in [6.07, 6.45) is 2.64. The number of hydrogen-bond donors (Lipinski definition) is 2. The summed E-state index contributed by atoms with van der Waals surface area (Å²) in [6.45, 7) is 10.7. The van der Waals surface area contributed by atoms with Crippen molar-refractivity contribution in [3.8, 4) is 10.6 Å². The van der Waals surface area contributed by atoms with E-state index in [4.69, 9.17) is 20.4 Å². The molecule has 0 aliphatic heterocycles. The van der Waals surface area contributed by atoms with Crippen LogP contribution in [0, 0.1) is 0 Å². The zero-order valence-corrected chi connectivity index (χ0v) is 24.3. The van der Waals surface area contributed by atoms with E-state index >= 15 is 0 Å². The molecular formula is C25H36N6O5SSi. The summed E-state index contributed by atoms with van der Waals surface area (Å²) in [5.74, 6) is -1.83. The fraction of sp³-hybridized carbons (Fsp3) is 0.520. The lowest BCUT2D eigenvalue weighted by molar-refractivity contribution is -0.140. The van der Waals surface area contributed by atoms with Gasteiger partial charge in [0.2, 0.25) is 5.91 Å². The first kappa shape index (κ1) is 31.1. The number of nitrogens with one attached hydrogen (secondary N) is 1. The first-order chi connectivity index (χ1) is 17.8. The third-order valence-electron chi connectivity index (χ3n) is 6.28. The van der Waals surface area contributed by atoms with Crippen LogP contribution in [0.2, 0.25) is 18.1 Å². The molecule has 1 aromatic heterocycles. The molecule has 0 saturated carbocycles. The maximum absolute atomic E-state index is 12.4. The smallest absolute Gasteiger partial charge is 0.365 e. The predicted molar refractivity (Wildman–Crippen MR) is 150 cm³/mol. The van der Waals surface area contributed by atoms with Gasteiger partial charge in [-0.25, -0.2) is 14.6 Å². The van der Waals surface area contributed by atoms with Crippen LogP contribution in [-0.2, 0) is 18.8 Å². The molecule has 13 heteroatoms. The van der Waals surface area contributed by atoms with Crippen molar-refractivity contribution in [3.05, 3.63) is 45.8 Å². The summed E-state index contributed by atoms with van der Waals surface area (Å²) < 4.78 is 10.9. The van der Waals surface area contributed by atoms with Crippen molar-refractivity contribution in [1.29, 1.82) is 0 Å². The molecular weight excluding hydrogens is 524 g/mol. The van der Waals surface area contributed by atoms with E-state index in [0.717, 1.165) is 18.4 Å². The van der Waals surface area contributed by atoms with E-state index in [2.05, 4.69) is 41.1 Å². The van der Waals surface area contributed by atoms with Crippen LogP contribution in [-0.4, -0.2) is 50.3 Å². The Labute approximate surface area is 227 Å². The molecule has 0 aliphatic carbocycles. The fourth-order valence-corrected chi connectivity index (χ4v) is 4.74. The number of carbonyl (C=O) groups is 3. The van der Waals surface area contributed by atoms with Gasteiger partial charge in [-0.3, -0.25) is 4.79 Å². The molecule has 2 aromatic rings. The highest BCUT2D eigenvalue weighted by Gasteiger charge is 2.38. The van der Waals surface area contributed by atoms with Gasteiger partial charge in [0.25, 0.3) is 0 Å². The van der Waals surface area contributed by atoms with Crippen LogP contribution in [0.3, 0.4) is 0 Å². The molecule has 11 nitrogen and oxygen atoms in total. The number of hydrogen-bond acceptors (Lipinski definition) is 9. The van der Waals surface area contributed by atoms with E-state index in [9.17, 15) is 14.4 Å². The van der Waals surface area contributed by atoms with Gasteiger partial charge in [0, 0.05) is 34.5 Å². The number of rotatable bonds is 13. The number of nitrogens with two attached hydrogens (primary N) is 1. The molecule has 0 radical (unpaired) electrons. The molecule has 1 aromatic carbocycles. The van der Waals surface area contributed by atoms with Gasteiger partial charge >= 0.3 is 11.9 Å². The monoisotopic (exact) mass is 560 g/mol. The molecule has 0 bridgehead atoms. The number of nitrogens with zero attached hydrogens (tertiary/aromatic N) is 4. The first-order valence-electron chi connectivity index (χ1n) is 12.4. The number of ether oxygens (including phenoxy) is 1. The van der Waals surface area contributed by atoms with E-state index < -0.39 is 26.3 Å². The maximum Gasteiger partial charge on any atom is 0.365 e. The molecule has 0 saturated heterocycles. The molecule has 3 N–H and O–H groups in total. The van der Waals surface area contributed by atoms with Gasteiger partial charge in [-0.2, -0.15) is 0 Å². The second-order valence-corrected chi connectivity index (χ2v) is 16.0. The molecule has 0 spiro atoms. The zero-order valence-electron chi connectivity index (χ0n) is 22.5. The largest absolute Gasteiger partial charge is 0.415 e. The topological polar surface area (TPSA) is 169 Å². The minimum absolute atomic E-state index is 0.00806. The SMILES string of the molecule is CC(C)(C)[Si](C)(C)OC[C@H](N)C(=O)OC(=O)c1csc(-c2ccc(NC(=O)CCCCCN=[N+]=[N-])cc2)n1. The lowest BCUT2D eigenvalue weighted by Gasteiger charge is -2.36. The summed E-state index contributed by atoms with van der Waals surface area (Å²) in [5, 5.41) is 8.34. The molecule has 1 heterocycles. The highest BCUT2D eigenvalue weighted by molar-refractivity contribution is 7.13. The van der Waals surface area contributed by atoms with Crippen LogP contribution in [0.1, 0.15) is 56.9 Å². The van der Waals surface area contributed by atoms with Crippen molar-refractivity contribution in [2.75, 3.05) is 18.5 Å². The minimum Gasteiger partial charge on any atom is -0.415 e. The van der Waals surface area contributed by atoms with Crippen molar-refractivity contribution in [3.63, 3.8) is 0 Å². The summed E-state index contributed by atoms with van der Waals surface area (Å²) in [4.78, 5) is 43.8. The Morgan fingerprint density at radius 2 is 1.87 bits per heavy atom. The third kappa shape index (κ3) is 9.65. The quantitative estimate of drug-likeness (QED) is 0.0606. The van der Waals surface area contributed by atoms with Crippen LogP contribution in [0.4, 0.5) is 5.69 Å². The Kier molecular flexibility index (Phi) is 11.6. The predicted octanol–water partition coefficient (Wildman–Crippen LogP) is 5.65. The van der Waals surface area contributed by atoms with Crippen LogP contribution in [0.5, 0.6) is 0 Å². The van der Waals surface area contributed by atoms with Crippen molar-refractivity contribution in [1.82, 2.24) is 4.98 Å². The van der Waals surface area contributed by atoms with Gasteiger partial charge in [-0.15, -0.1) is 11.3 Å². The standard InChI is InChI=1S/C25H36N6O5SSi/c1-25(2,3)38(4,5)35-15-19(26)23(33)36-24(34)20-16-37-22(30-20)17-10-12-18(13-11-17)29-21(32)9-7-6-8-14-28-31-27/h10-13,16,19H,6-9,14-15,26H2,1-5H3,(H,29,32)/t19-/m0/s1. The Bertz CT molecular complexity index is 1160. The number of benzene rings is 1. The number of amides is 1. The van der Waals surface area contributed by atoms with Crippen molar-refractivity contribution < 1.29 is 23.5 Å². The normalized spacial score (nSPS) is 12.4. The number of anilines is 1. The maximum atomic E-state index is 12.4. The zero-order chi connectivity index (χ0) is 28.3. The summed E-state index contributed by atoms with van der Waals surface area (Å²) >= 11 is 1.23. The lowest BCUT2D eigenvalue weighted by atomic mass is 10.1. The highest BCUT2D eigenvalue weighted by Crippen LogP contribution is 2.36. The lowest BCUT2D eigenvalue weighted by Crippen LogP contribution is -2.46. The number of carbonyl (C=O) groups excluding carboxylic acids is 3. The fourth-order valence-electron chi connectivity index (χ4n) is 2.91. The van der Waals surface area contributed by atoms with Crippen molar-refractivity contribution >= 4 is 43.2 Å². The molecule has 0 unspecified atom stereocenters. The van der Waals surface area contributed by atoms with Crippen molar-refractivity contribution in [2.45, 2.75) is 70.6 Å². The van der Waals surface area contributed by atoms with Gasteiger partial charge in [-0.1, -0.05) is 32.3 Å². The summed E-state index contributed by atoms with van der Waals surface area (Å²) in [5.41, 5.74) is 15.5. The Hall–Kier alpha value is -3.09. The summed E-state index contributed by atoms with van der Waals surface area (Å²) in [6, 6.07) is 5.98. The average molecular weight is 561 g/mol. The average Bonchev–Trinajstić information content (AvgIpc) is 3.35. The Morgan fingerprint density at radius 1 is 1.18 bits per heavy atom. The molecule has 2 rings (SSSR count). The second-order valence-electron chi connectivity index (χ2n) is 10.3. The number of aromatic nitrogens is 1. The van der Waals surface area contributed by atoms with Gasteiger partial charge < -0.3 is 20.2 Å². The molecule has 1 amide bonds. The van der Waals surface area contributed by atoms with Crippen LogP contribution < -0.4 is 11.1 Å². The molecule has 0 fully saturated rings. The first-order valence-corrected chi connectivity index (χ1v) is 16.1. The van der Waals surface area contributed by atoms with Gasteiger partial charge in [-0.05, 0) is 60.8 Å². The highest BCUT2D eigenvalue weighted by atomic mass is 32.1. The number of thiazole rings is 1. The van der Waals surface area contributed by atoms with E-state index in [1.54, 1.807) is 24.3 Å². The molecule has 38 heavy (non-hydrogen) atoms. The van der Waals surface area contributed by atoms with Crippen LogP contribution in [0.15, 0.2) is 34.8 Å². The third-order valence-corrected chi connectivity index (χ3v) is 11.7. The van der Waals surface area contributed by atoms with E-state index in [1.807, 2.05) is 13.1 Å². The molecule has 1 atom stereocenters. The van der Waals surface area contributed by atoms with E-state index in [0.29, 0.717) is 30.1 Å². The van der Waals surface area contributed by atoms with Gasteiger partial charge in [0.1, 0.15) is 11.0 Å². The van der Waals surface area contributed by atoms with Crippen LogP contribution >= 0.6 is 11.3 Å².